The Bertz CT molecular complexity index is 521. The van der Waals surface area contributed by atoms with E-state index in [2.05, 4.69) is 26.9 Å². The molecule has 3 aliphatic rings. The lowest BCUT2D eigenvalue weighted by Gasteiger charge is -2.36. The molecular formula is C20H31N3O2. The monoisotopic (exact) mass is 345 g/mol. The van der Waals surface area contributed by atoms with Crippen molar-refractivity contribution in [1.29, 1.82) is 0 Å². The Hall–Kier alpha value is -1.01. The summed E-state index contributed by atoms with van der Waals surface area (Å²) in [4.78, 5) is 9.21. The molecule has 0 spiro atoms. The number of likely N-dealkylation sites (tertiary alicyclic amines) is 2. The van der Waals surface area contributed by atoms with Gasteiger partial charge < -0.3 is 14.4 Å². The Labute approximate surface area is 151 Å². The highest BCUT2D eigenvalue weighted by Gasteiger charge is 2.39. The molecular weight excluding hydrogens is 314 g/mol. The van der Waals surface area contributed by atoms with Gasteiger partial charge in [-0.05, 0) is 62.9 Å². The van der Waals surface area contributed by atoms with E-state index in [9.17, 15) is 0 Å². The van der Waals surface area contributed by atoms with Crippen LogP contribution in [0.15, 0.2) is 24.5 Å². The first kappa shape index (κ1) is 17.4. The first-order chi connectivity index (χ1) is 12.4. The van der Waals surface area contributed by atoms with Crippen molar-refractivity contribution in [2.75, 3.05) is 39.4 Å². The third-order valence-corrected chi connectivity index (χ3v) is 5.94. The number of rotatable bonds is 7. The Morgan fingerprint density at radius 3 is 2.76 bits per heavy atom. The fourth-order valence-corrected chi connectivity index (χ4v) is 4.54. The predicted octanol–water partition coefficient (Wildman–Crippen LogP) is 2.32. The number of pyridine rings is 1. The Morgan fingerprint density at radius 1 is 1.08 bits per heavy atom. The SMILES string of the molecule is c1cc(CN2CC[C@@H]3O[C@H](COCCN4CCCC4)CC[C@@H]32)ccn1. The van der Waals surface area contributed by atoms with E-state index >= 15 is 0 Å². The summed E-state index contributed by atoms with van der Waals surface area (Å²) in [7, 11) is 0. The second kappa shape index (κ2) is 8.58. The molecule has 3 aliphatic heterocycles. The average molecular weight is 345 g/mol. The van der Waals surface area contributed by atoms with Crippen molar-refractivity contribution in [1.82, 2.24) is 14.8 Å². The van der Waals surface area contributed by atoms with Gasteiger partial charge in [0.05, 0.1) is 25.4 Å². The Kier molecular flexibility index (Phi) is 5.98. The van der Waals surface area contributed by atoms with E-state index < -0.39 is 0 Å². The molecule has 0 saturated carbocycles. The maximum Gasteiger partial charge on any atom is 0.0813 e. The highest BCUT2D eigenvalue weighted by molar-refractivity contribution is 5.10. The van der Waals surface area contributed by atoms with Gasteiger partial charge in [-0.3, -0.25) is 9.88 Å². The van der Waals surface area contributed by atoms with Gasteiger partial charge in [-0.2, -0.15) is 0 Å². The van der Waals surface area contributed by atoms with E-state index in [1.807, 2.05) is 12.4 Å². The van der Waals surface area contributed by atoms with Crippen molar-refractivity contribution in [3.8, 4) is 0 Å². The topological polar surface area (TPSA) is 37.8 Å². The van der Waals surface area contributed by atoms with Crippen molar-refractivity contribution in [2.45, 2.75) is 56.9 Å². The maximum absolute atomic E-state index is 6.36. The second-order valence-corrected chi connectivity index (χ2v) is 7.68. The molecule has 3 fully saturated rings. The predicted molar refractivity (Wildman–Crippen MR) is 97.4 cm³/mol. The van der Waals surface area contributed by atoms with Crippen LogP contribution in [0.5, 0.6) is 0 Å². The van der Waals surface area contributed by atoms with E-state index in [1.54, 1.807) is 0 Å². The fourth-order valence-electron chi connectivity index (χ4n) is 4.54. The van der Waals surface area contributed by atoms with Crippen molar-refractivity contribution in [2.24, 2.45) is 0 Å². The van der Waals surface area contributed by atoms with Crippen LogP contribution >= 0.6 is 0 Å². The van der Waals surface area contributed by atoms with E-state index in [4.69, 9.17) is 9.47 Å². The summed E-state index contributed by atoms with van der Waals surface area (Å²) >= 11 is 0. The van der Waals surface area contributed by atoms with Crippen molar-refractivity contribution < 1.29 is 9.47 Å². The lowest BCUT2D eigenvalue weighted by Crippen LogP contribution is -2.43. The fraction of sp³-hybridized carbons (Fsp3) is 0.750. The molecule has 0 amide bonds. The number of hydrogen-bond acceptors (Lipinski definition) is 5. The van der Waals surface area contributed by atoms with Crippen LogP contribution < -0.4 is 0 Å². The molecule has 3 atom stereocenters. The third kappa shape index (κ3) is 4.59. The lowest BCUT2D eigenvalue weighted by molar-refractivity contribution is -0.100. The van der Waals surface area contributed by atoms with Crippen LogP contribution in [-0.4, -0.2) is 72.4 Å². The zero-order valence-corrected chi connectivity index (χ0v) is 15.2. The summed E-state index contributed by atoms with van der Waals surface area (Å²) < 4.78 is 12.3. The van der Waals surface area contributed by atoms with Gasteiger partial charge in [0, 0.05) is 38.1 Å². The first-order valence-corrected chi connectivity index (χ1v) is 9.97. The van der Waals surface area contributed by atoms with Gasteiger partial charge >= 0.3 is 0 Å². The van der Waals surface area contributed by atoms with Crippen molar-refractivity contribution in [3.63, 3.8) is 0 Å². The molecule has 0 N–H and O–H groups in total. The highest BCUT2D eigenvalue weighted by Crippen LogP contribution is 2.32. The summed E-state index contributed by atoms with van der Waals surface area (Å²) in [5.74, 6) is 0. The van der Waals surface area contributed by atoms with Crippen molar-refractivity contribution in [3.05, 3.63) is 30.1 Å². The minimum absolute atomic E-state index is 0.292. The third-order valence-electron chi connectivity index (χ3n) is 5.94. The van der Waals surface area contributed by atoms with Crippen LogP contribution in [0.3, 0.4) is 0 Å². The van der Waals surface area contributed by atoms with Crippen LogP contribution in [0.1, 0.15) is 37.7 Å². The van der Waals surface area contributed by atoms with Crippen molar-refractivity contribution >= 4 is 0 Å². The summed E-state index contributed by atoms with van der Waals surface area (Å²) in [5, 5.41) is 0. The summed E-state index contributed by atoms with van der Waals surface area (Å²) in [6.45, 7) is 7.35. The summed E-state index contributed by atoms with van der Waals surface area (Å²) in [6, 6.07) is 4.82. The molecule has 0 aromatic carbocycles. The van der Waals surface area contributed by atoms with E-state index in [1.165, 1.54) is 37.9 Å². The summed E-state index contributed by atoms with van der Waals surface area (Å²) in [5.41, 5.74) is 1.35. The Balaban J connectivity index is 1.18. The number of aromatic nitrogens is 1. The second-order valence-electron chi connectivity index (χ2n) is 7.68. The van der Waals surface area contributed by atoms with E-state index in [0.717, 1.165) is 45.7 Å². The molecule has 5 nitrogen and oxygen atoms in total. The van der Waals surface area contributed by atoms with Gasteiger partial charge in [0.15, 0.2) is 0 Å². The van der Waals surface area contributed by atoms with Gasteiger partial charge in [0.2, 0.25) is 0 Å². The zero-order valence-electron chi connectivity index (χ0n) is 15.2. The van der Waals surface area contributed by atoms with Gasteiger partial charge in [-0.1, -0.05) is 0 Å². The minimum atomic E-state index is 0.292. The van der Waals surface area contributed by atoms with Crippen LogP contribution in [0, 0.1) is 0 Å². The number of fused-ring (bicyclic) bond motifs is 1. The highest BCUT2D eigenvalue weighted by atomic mass is 16.5. The molecule has 0 bridgehead atoms. The molecule has 4 heterocycles. The molecule has 4 rings (SSSR count). The minimum Gasteiger partial charge on any atom is -0.377 e. The first-order valence-electron chi connectivity index (χ1n) is 9.97. The zero-order chi connectivity index (χ0) is 16.9. The molecule has 0 aliphatic carbocycles. The smallest absolute Gasteiger partial charge is 0.0813 e. The molecule has 3 saturated heterocycles. The van der Waals surface area contributed by atoms with E-state index in [-0.39, 0.29) is 0 Å². The number of hydrogen-bond donors (Lipinski definition) is 0. The lowest BCUT2D eigenvalue weighted by atomic mass is 9.99. The number of ether oxygens (including phenoxy) is 2. The van der Waals surface area contributed by atoms with E-state index in [0.29, 0.717) is 18.2 Å². The van der Waals surface area contributed by atoms with Crippen LogP contribution in [0.2, 0.25) is 0 Å². The quantitative estimate of drug-likeness (QED) is 0.709. The molecule has 0 radical (unpaired) electrons. The summed E-state index contributed by atoms with van der Waals surface area (Å²) in [6.07, 6.45) is 10.7. The molecule has 0 unspecified atom stereocenters. The normalized spacial score (nSPS) is 30.6. The maximum atomic E-state index is 6.36. The van der Waals surface area contributed by atoms with Crippen LogP contribution in [0.25, 0.3) is 0 Å². The molecule has 5 heteroatoms. The van der Waals surface area contributed by atoms with Gasteiger partial charge in [-0.25, -0.2) is 0 Å². The van der Waals surface area contributed by atoms with Gasteiger partial charge in [0.1, 0.15) is 0 Å². The largest absolute Gasteiger partial charge is 0.377 e. The van der Waals surface area contributed by atoms with Gasteiger partial charge in [-0.15, -0.1) is 0 Å². The number of nitrogens with zero attached hydrogens (tertiary/aromatic N) is 3. The standard InChI is InChI=1S/C20H31N3O2/c1-2-11-22(10-1)13-14-24-16-18-3-4-19-20(25-18)7-12-23(19)15-17-5-8-21-9-6-17/h5-6,8-9,18-20H,1-4,7,10-16H2/t18-,19-,20-/m0/s1. The molecule has 138 valence electrons. The molecule has 1 aromatic rings. The molecule has 1 aromatic heterocycles. The van der Waals surface area contributed by atoms with Gasteiger partial charge in [0.25, 0.3) is 0 Å². The van der Waals surface area contributed by atoms with Crippen LogP contribution in [0.4, 0.5) is 0 Å². The van der Waals surface area contributed by atoms with Crippen LogP contribution in [-0.2, 0) is 16.0 Å². The Morgan fingerprint density at radius 2 is 1.92 bits per heavy atom. The molecule has 25 heavy (non-hydrogen) atoms. The average Bonchev–Trinajstić information content (AvgIpc) is 3.30.